The van der Waals surface area contributed by atoms with Gasteiger partial charge >= 0.3 is 6.18 Å². The summed E-state index contributed by atoms with van der Waals surface area (Å²) < 4.78 is 43.4. The van der Waals surface area contributed by atoms with Crippen LogP contribution < -0.4 is 4.90 Å². The molecular formula is C11H11F3N4O2. The summed E-state index contributed by atoms with van der Waals surface area (Å²) in [6.45, 7) is 1.14. The third kappa shape index (κ3) is 1.80. The lowest BCUT2D eigenvalue weighted by molar-refractivity contribution is -0.250. The second-order valence-electron chi connectivity index (χ2n) is 4.85. The number of hydrogen-bond donors (Lipinski definition) is 1. The Bertz CT molecular complexity index is 657. The molecule has 1 atom stereocenters. The number of aliphatic hydroxyl groups is 1. The Morgan fingerprint density at radius 2 is 2.15 bits per heavy atom. The maximum atomic E-state index is 12.8. The van der Waals surface area contributed by atoms with E-state index in [-0.39, 0.29) is 12.3 Å². The van der Waals surface area contributed by atoms with Crippen molar-refractivity contribution in [2.75, 3.05) is 18.0 Å². The zero-order chi connectivity index (χ0) is 14.5. The fraction of sp³-hybridized carbons (Fsp3) is 0.545. The lowest BCUT2D eigenvalue weighted by atomic mass is 10.0. The maximum Gasteiger partial charge on any atom is 0.418 e. The third-order valence-electron chi connectivity index (χ3n) is 3.50. The van der Waals surface area contributed by atoms with Gasteiger partial charge in [0.15, 0.2) is 5.60 Å². The molecule has 108 valence electrons. The van der Waals surface area contributed by atoms with E-state index in [9.17, 15) is 18.3 Å². The zero-order valence-corrected chi connectivity index (χ0v) is 10.5. The molecule has 2 aromatic rings. The summed E-state index contributed by atoms with van der Waals surface area (Å²) in [5.41, 5.74) is -2.00. The number of alkyl halides is 3. The molecule has 1 saturated heterocycles. The van der Waals surface area contributed by atoms with Crippen molar-refractivity contribution in [3.05, 3.63) is 12.0 Å². The highest BCUT2D eigenvalue weighted by molar-refractivity contribution is 5.88. The molecule has 1 unspecified atom stereocenters. The molecule has 1 aliphatic heterocycles. The van der Waals surface area contributed by atoms with Gasteiger partial charge in [-0.05, 0) is 6.92 Å². The van der Waals surface area contributed by atoms with Crippen LogP contribution in [0.5, 0.6) is 0 Å². The first kappa shape index (κ1) is 13.1. The van der Waals surface area contributed by atoms with E-state index in [2.05, 4.69) is 15.1 Å². The smallest absolute Gasteiger partial charge is 0.379 e. The second kappa shape index (κ2) is 4.05. The molecule has 1 fully saturated rings. The van der Waals surface area contributed by atoms with Crippen LogP contribution in [0.4, 0.5) is 19.0 Å². The van der Waals surface area contributed by atoms with Crippen LogP contribution in [0.1, 0.15) is 12.1 Å². The molecule has 0 bridgehead atoms. The lowest BCUT2D eigenvalue weighted by Gasteiger charge is -2.26. The van der Waals surface area contributed by atoms with Gasteiger partial charge in [-0.15, -0.1) is 0 Å². The molecule has 0 radical (unpaired) electrons. The number of aryl methyl sites for hydroxylation is 1. The van der Waals surface area contributed by atoms with Crippen LogP contribution >= 0.6 is 0 Å². The van der Waals surface area contributed by atoms with Crippen LogP contribution in [-0.4, -0.2) is 45.1 Å². The Labute approximate surface area is 111 Å². The van der Waals surface area contributed by atoms with E-state index in [1.165, 1.54) is 11.2 Å². The summed E-state index contributed by atoms with van der Waals surface area (Å²) in [6, 6.07) is 0. The molecule has 0 saturated carbocycles. The van der Waals surface area contributed by atoms with Gasteiger partial charge in [0.2, 0.25) is 0 Å². The Morgan fingerprint density at radius 1 is 1.40 bits per heavy atom. The third-order valence-corrected chi connectivity index (χ3v) is 3.50. The zero-order valence-electron chi connectivity index (χ0n) is 10.5. The van der Waals surface area contributed by atoms with Crippen LogP contribution in [0.3, 0.4) is 0 Å². The highest BCUT2D eigenvalue weighted by atomic mass is 19.4. The van der Waals surface area contributed by atoms with Crippen molar-refractivity contribution in [2.45, 2.75) is 25.1 Å². The number of β-amino-alcohol motifs (C(OH)–C–C–N with tert-alkyl or cyclic N) is 1. The number of hydrogen-bond acceptors (Lipinski definition) is 6. The number of fused-ring (bicyclic) bond motifs is 1. The predicted octanol–water partition coefficient (Wildman–Crippen LogP) is 1.43. The molecule has 0 spiro atoms. The Hall–Kier alpha value is -1.90. The van der Waals surface area contributed by atoms with E-state index in [0.717, 1.165) is 0 Å². The largest absolute Gasteiger partial charge is 0.418 e. The average Bonchev–Trinajstić information content (AvgIpc) is 2.94. The van der Waals surface area contributed by atoms with E-state index >= 15 is 0 Å². The van der Waals surface area contributed by atoms with Crippen molar-refractivity contribution >= 4 is 16.9 Å². The first-order valence-corrected chi connectivity index (χ1v) is 5.93. The summed E-state index contributed by atoms with van der Waals surface area (Å²) in [6.07, 6.45) is -3.86. The molecule has 2 aromatic heterocycles. The van der Waals surface area contributed by atoms with Crippen molar-refractivity contribution in [1.29, 1.82) is 0 Å². The van der Waals surface area contributed by atoms with E-state index in [0.29, 0.717) is 16.9 Å². The first-order valence-electron chi connectivity index (χ1n) is 5.93. The molecule has 1 aliphatic rings. The summed E-state index contributed by atoms with van der Waals surface area (Å²) in [5.74, 6) is 0.300. The summed E-state index contributed by atoms with van der Waals surface area (Å²) in [5, 5.41) is 13.9. The van der Waals surface area contributed by atoms with Gasteiger partial charge < -0.3 is 14.5 Å². The minimum Gasteiger partial charge on any atom is -0.379 e. The SMILES string of the molecule is Cc1noc2ncnc(N3CCC(O)(C(F)(F)F)C3)c12. The van der Waals surface area contributed by atoms with Crippen LogP contribution in [0.2, 0.25) is 0 Å². The fourth-order valence-electron chi connectivity index (χ4n) is 2.35. The monoisotopic (exact) mass is 288 g/mol. The van der Waals surface area contributed by atoms with Crippen molar-refractivity contribution in [3.8, 4) is 0 Å². The van der Waals surface area contributed by atoms with Crippen LogP contribution in [0, 0.1) is 6.92 Å². The number of anilines is 1. The Balaban J connectivity index is 2.00. The summed E-state index contributed by atoms with van der Waals surface area (Å²) in [4.78, 5) is 9.25. The molecule has 0 aliphatic carbocycles. The van der Waals surface area contributed by atoms with Crippen molar-refractivity contribution in [2.24, 2.45) is 0 Å². The van der Waals surface area contributed by atoms with Gasteiger partial charge in [0.1, 0.15) is 17.5 Å². The van der Waals surface area contributed by atoms with Gasteiger partial charge in [0, 0.05) is 13.0 Å². The standard InChI is InChI=1S/C11H11F3N4O2/c1-6-7-8(15-5-16-9(7)20-17-6)18-3-2-10(19,4-18)11(12,13)14/h5,19H,2-4H2,1H3. The lowest BCUT2D eigenvalue weighted by Crippen LogP contribution is -2.47. The van der Waals surface area contributed by atoms with Gasteiger partial charge in [-0.25, -0.2) is 4.98 Å². The highest BCUT2D eigenvalue weighted by Crippen LogP contribution is 2.40. The van der Waals surface area contributed by atoms with Crippen molar-refractivity contribution in [3.63, 3.8) is 0 Å². The molecule has 9 heteroatoms. The minimum atomic E-state index is -4.67. The van der Waals surface area contributed by atoms with Crippen LogP contribution in [0.25, 0.3) is 11.1 Å². The number of halogens is 3. The number of nitrogens with zero attached hydrogens (tertiary/aromatic N) is 4. The van der Waals surface area contributed by atoms with Gasteiger partial charge in [0.05, 0.1) is 12.2 Å². The van der Waals surface area contributed by atoms with E-state index in [1.54, 1.807) is 6.92 Å². The molecule has 3 rings (SSSR count). The molecule has 1 N–H and O–H groups in total. The topological polar surface area (TPSA) is 75.3 Å². The maximum absolute atomic E-state index is 12.8. The second-order valence-corrected chi connectivity index (χ2v) is 4.85. The van der Waals surface area contributed by atoms with Crippen molar-refractivity contribution < 1.29 is 22.8 Å². The minimum absolute atomic E-state index is 0.0484. The van der Waals surface area contributed by atoms with Crippen LogP contribution in [-0.2, 0) is 0 Å². The molecule has 6 nitrogen and oxygen atoms in total. The van der Waals surface area contributed by atoms with Gasteiger partial charge in [-0.2, -0.15) is 18.2 Å². The van der Waals surface area contributed by atoms with Gasteiger partial charge in [0.25, 0.3) is 5.71 Å². The Kier molecular flexibility index (Phi) is 2.65. The molecule has 20 heavy (non-hydrogen) atoms. The predicted molar refractivity (Wildman–Crippen MR) is 62.2 cm³/mol. The first-order chi connectivity index (χ1) is 9.32. The van der Waals surface area contributed by atoms with Gasteiger partial charge in [-0.1, -0.05) is 5.16 Å². The van der Waals surface area contributed by atoms with E-state index in [4.69, 9.17) is 4.52 Å². The van der Waals surface area contributed by atoms with Gasteiger partial charge in [-0.3, -0.25) is 0 Å². The van der Waals surface area contributed by atoms with E-state index < -0.39 is 24.7 Å². The van der Waals surface area contributed by atoms with Crippen molar-refractivity contribution in [1.82, 2.24) is 15.1 Å². The quantitative estimate of drug-likeness (QED) is 0.855. The molecule has 0 aromatic carbocycles. The van der Waals surface area contributed by atoms with Crippen LogP contribution in [0.15, 0.2) is 10.9 Å². The molecule has 0 amide bonds. The number of aromatic nitrogens is 3. The van der Waals surface area contributed by atoms with E-state index in [1.807, 2.05) is 0 Å². The summed E-state index contributed by atoms with van der Waals surface area (Å²) >= 11 is 0. The highest BCUT2D eigenvalue weighted by Gasteiger charge is 2.57. The fourth-order valence-corrected chi connectivity index (χ4v) is 2.35. The summed E-state index contributed by atoms with van der Waals surface area (Å²) in [7, 11) is 0. The Morgan fingerprint density at radius 3 is 2.80 bits per heavy atom. The average molecular weight is 288 g/mol. The molecule has 3 heterocycles. The number of rotatable bonds is 1. The normalized spacial score (nSPS) is 23.8. The molecular weight excluding hydrogens is 277 g/mol.